The first-order valence-electron chi connectivity index (χ1n) is 25.4. The zero-order valence-electron chi connectivity index (χ0n) is 38.0. The van der Waals surface area contributed by atoms with Gasteiger partial charge in [0.15, 0.2) is 0 Å². The van der Waals surface area contributed by atoms with E-state index in [1.165, 1.54) is 244 Å². The molecule has 0 saturated carbocycles. The highest BCUT2D eigenvalue weighted by atomic mass is 17.3. The molecule has 334 valence electrons. The second-order valence-corrected chi connectivity index (χ2v) is 17.2. The third-order valence-corrected chi connectivity index (χ3v) is 11.6. The SMILES string of the molecule is CCCCCCCCCCCCCCCCCCCCCCCCOC(=O)OOC(=O)OCCCCCCCCCCCCCCCCCCCCCCCC. The van der Waals surface area contributed by atoms with Crippen LogP contribution in [0.2, 0.25) is 0 Å². The number of carbonyl (C=O) groups is 2. The molecule has 0 fully saturated rings. The molecule has 0 rings (SSSR count). The number of hydrogen-bond acceptors (Lipinski definition) is 6. The summed E-state index contributed by atoms with van der Waals surface area (Å²) >= 11 is 0. The van der Waals surface area contributed by atoms with Gasteiger partial charge in [-0.2, -0.15) is 19.4 Å². The summed E-state index contributed by atoms with van der Waals surface area (Å²) in [4.78, 5) is 32.2. The maximum absolute atomic E-state index is 11.7. The monoisotopic (exact) mass is 795 g/mol. The van der Waals surface area contributed by atoms with Gasteiger partial charge in [-0.05, 0) is 12.8 Å². The summed E-state index contributed by atoms with van der Waals surface area (Å²) in [5, 5.41) is 0. The van der Waals surface area contributed by atoms with E-state index in [0.717, 1.165) is 38.5 Å². The van der Waals surface area contributed by atoms with Crippen molar-refractivity contribution in [1.29, 1.82) is 0 Å². The summed E-state index contributed by atoms with van der Waals surface area (Å²) in [6, 6.07) is 0. The topological polar surface area (TPSA) is 71.1 Å². The zero-order valence-corrected chi connectivity index (χ0v) is 38.0. The lowest BCUT2D eigenvalue weighted by molar-refractivity contribution is -0.217. The third kappa shape index (κ3) is 48.7. The lowest BCUT2D eigenvalue weighted by Crippen LogP contribution is -2.14. The highest BCUT2D eigenvalue weighted by Gasteiger charge is 2.11. The Balaban J connectivity index is 3.23. The summed E-state index contributed by atoms with van der Waals surface area (Å²) in [6.07, 6.45) is 57.0. The van der Waals surface area contributed by atoms with E-state index in [1.807, 2.05) is 0 Å². The molecule has 0 aromatic heterocycles. The summed E-state index contributed by atoms with van der Waals surface area (Å²) in [7, 11) is 0. The molecule has 0 atom stereocenters. The molecule has 0 radical (unpaired) electrons. The van der Waals surface area contributed by atoms with Gasteiger partial charge in [0.05, 0.1) is 13.2 Å². The summed E-state index contributed by atoms with van der Waals surface area (Å²) in [5.41, 5.74) is 0. The minimum Gasteiger partial charge on any atom is -0.432 e. The molecule has 6 heteroatoms. The Morgan fingerprint density at radius 2 is 0.375 bits per heavy atom. The highest BCUT2D eigenvalue weighted by molar-refractivity contribution is 5.63. The Bertz CT molecular complexity index is 696. The Morgan fingerprint density at radius 3 is 0.536 bits per heavy atom. The van der Waals surface area contributed by atoms with E-state index in [-0.39, 0.29) is 13.2 Å². The number of hydrogen-bond donors (Lipinski definition) is 0. The van der Waals surface area contributed by atoms with Gasteiger partial charge in [-0.3, -0.25) is 0 Å². The van der Waals surface area contributed by atoms with Crippen molar-refractivity contribution in [3.63, 3.8) is 0 Å². The van der Waals surface area contributed by atoms with Crippen LogP contribution in [0.1, 0.15) is 296 Å². The van der Waals surface area contributed by atoms with Gasteiger partial charge < -0.3 is 9.47 Å². The van der Waals surface area contributed by atoms with Gasteiger partial charge >= 0.3 is 12.3 Å². The van der Waals surface area contributed by atoms with Crippen molar-refractivity contribution >= 4 is 12.3 Å². The first-order chi connectivity index (χ1) is 27.7. The van der Waals surface area contributed by atoms with Crippen LogP contribution >= 0.6 is 0 Å². The molecule has 0 aliphatic rings. The van der Waals surface area contributed by atoms with E-state index >= 15 is 0 Å². The van der Waals surface area contributed by atoms with Gasteiger partial charge in [-0.15, -0.1) is 0 Å². The molecule has 0 unspecified atom stereocenters. The van der Waals surface area contributed by atoms with Crippen molar-refractivity contribution in [2.24, 2.45) is 0 Å². The molecule has 0 spiro atoms. The molecule has 0 aliphatic heterocycles. The Labute approximate surface area is 349 Å². The largest absolute Gasteiger partial charge is 0.549 e. The predicted molar refractivity (Wildman–Crippen MR) is 239 cm³/mol. The van der Waals surface area contributed by atoms with Crippen LogP contribution in [0.25, 0.3) is 0 Å². The van der Waals surface area contributed by atoms with Crippen LogP contribution in [0.4, 0.5) is 9.59 Å². The van der Waals surface area contributed by atoms with Gasteiger partial charge in [0.2, 0.25) is 0 Å². The maximum atomic E-state index is 11.7. The van der Waals surface area contributed by atoms with Crippen molar-refractivity contribution in [2.45, 2.75) is 296 Å². The van der Waals surface area contributed by atoms with E-state index < -0.39 is 12.3 Å². The van der Waals surface area contributed by atoms with Crippen LogP contribution in [-0.4, -0.2) is 25.5 Å². The average Bonchev–Trinajstić information content (AvgIpc) is 3.20. The van der Waals surface area contributed by atoms with Gasteiger partial charge in [0.25, 0.3) is 0 Å². The zero-order chi connectivity index (χ0) is 40.5. The molecule has 0 amide bonds. The molecule has 0 saturated heterocycles. The Hall–Kier alpha value is -1.46. The van der Waals surface area contributed by atoms with Gasteiger partial charge in [0.1, 0.15) is 0 Å². The fourth-order valence-corrected chi connectivity index (χ4v) is 7.85. The predicted octanol–water partition coefficient (Wildman–Crippen LogP) is 18.4. The fraction of sp³-hybridized carbons (Fsp3) is 0.960. The van der Waals surface area contributed by atoms with Crippen molar-refractivity contribution in [3.05, 3.63) is 0 Å². The average molecular weight is 795 g/mol. The van der Waals surface area contributed by atoms with Crippen molar-refractivity contribution in [1.82, 2.24) is 0 Å². The summed E-state index contributed by atoms with van der Waals surface area (Å²) in [5.74, 6) is 0. The Kier molecular flexibility index (Phi) is 48.4. The van der Waals surface area contributed by atoms with Gasteiger partial charge in [-0.25, -0.2) is 0 Å². The molecule has 0 N–H and O–H groups in total. The van der Waals surface area contributed by atoms with E-state index in [4.69, 9.17) is 9.47 Å². The molecule has 0 aromatic carbocycles. The van der Waals surface area contributed by atoms with Gasteiger partial charge in [-0.1, -0.05) is 284 Å². The molecule has 0 heterocycles. The normalized spacial score (nSPS) is 11.2. The molecule has 6 nitrogen and oxygen atoms in total. The molecule has 56 heavy (non-hydrogen) atoms. The summed E-state index contributed by atoms with van der Waals surface area (Å²) in [6.45, 7) is 5.13. The highest BCUT2D eigenvalue weighted by Crippen LogP contribution is 2.17. The lowest BCUT2D eigenvalue weighted by atomic mass is 10.0. The minimum atomic E-state index is -0.991. The number of carbonyl (C=O) groups excluding carboxylic acids is 2. The van der Waals surface area contributed by atoms with Crippen molar-refractivity contribution in [3.8, 4) is 0 Å². The lowest BCUT2D eigenvalue weighted by Gasteiger charge is -2.06. The van der Waals surface area contributed by atoms with Crippen LogP contribution in [-0.2, 0) is 19.2 Å². The number of rotatable bonds is 46. The van der Waals surface area contributed by atoms with Crippen molar-refractivity contribution in [2.75, 3.05) is 13.2 Å². The molecule has 0 aromatic rings. The molecule has 0 aliphatic carbocycles. The van der Waals surface area contributed by atoms with Crippen molar-refractivity contribution < 1.29 is 28.8 Å². The first-order valence-corrected chi connectivity index (χ1v) is 25.4. The molecular weight excluding hydrogens is 697 g/mol. The van der Waals surface area contributed by atoms with Gasteiger partial charge in [0, 0.05) is 0 Å². The van der Waals surface area contributed by atoms with E-state index in [2.05, 4.69) is 23.6 Å². The van der Waals surface area contributed by atoms with Crippen LogP contribution in [0.5, 0.6) is 0 Å². The second kappa shape index (κ2) is 49.7. The van der Waals surface area contributed by atoms with E-state index in [9.17, 15) is 9.59 Å². The van der Waals surface area contributed by atoms with Crippen LogP contribution in [0.3, 0.4) is 0 Å². The summed E-state index contributed by atoms with van der Waals surface area (Å²) < 4.78 is 9.99. The minimum absolute atomic E-state index is 0.274. The van der Waals surface area contributed by atoms with E-state index in [1.54, 1.807) is 0 Å². The van der Waals surface area contributed by atoms with E-state index in [0.29, 0.717) is 0 Å². The van der Waals surface area contributed by atoms with Crippen LogP contribution in [0.15, 0.2) is 0 Å². The first kappa shape index (κ1) is 54.5. The van der Waals surface area contributed by atoms with Crippen LogP contribution in [0, 0.1) is 0 Å². The van der Waals surface area contributed by atoms with Crippen LogP contribution < -0.4 is 0 Å². The second-order valence-electron chi connectivity index (χ2n) is 17.2. The quantitative estimate of drug-likeness (QED) is 0.0264. The smallest absolute Gasteiger partial charge is 0.432 e. The number of unbranched alkanes of at least 4 members (excludes halogenated alkanes) is 42. The Morgan fingerprint density at radius 1 is 0.232 bits per heavy atom. The molecule has 0 bridgehead atoms. The standard InChI is InChI=1S/C50H98O6/c1-3-5-7-9-11-13-15-17-19-21-23-25-27-29-31-33-35-37-39-41-43-45-47-53-49(51)55-56-50(52)54-48-46-44-42-40-38-36-34-32-30-28-26-24-22-20-18-16-14-12-10-8-6-4-2/h3-48H2,1-2H3. The maximum Gasteiger partial charge on any atom is 0.549 e. The number of ether oxygens (including phenoxy) is 2. The molecular formula is C50H98O6. The fourth-order valence-electron chi connectivity index (χ4n) is 7.85. The third-order valence-electron chi connectivity index (χ3n) is 11.6.